The quantitative estimate of drug-likeness (QED) is 0.809. The molecule has 0 aliphatic carbocycles. The number of nitrogens with two attached hydrogens (primary N) is 1. The molecule has 0 fully saturated rings. The zero-order valence-corrected chi connectivity index (χ0v) is 12.4. The fourth-order valence-corrected chi connectivity index (χ4v) is 2.22. The summed E-state index contributed by atoms with van der Waals surface area (Å²) in [6.45, 7) is 2.05. The first-order valence-corrected chi connectivity index (χ1v) is 7.07. The van der Waals surface area contributed by atoms with Gasteiger partial charge in [-0.3, -0.25) is 0 Å². The standard InChI is InChI=1S/C16H16F2N2S/c1-2-5-10-6-3-4-7-14(10)20-15-12(17)8-11(16(19)21)9-13(15)18/h3-4,6-9,20H,2,5H2,1H3,(H2,19,21). The van der Waals surface area contributed by atoms with Crippen LogP contribution >= 0.6 is 12.2 Å². The smallest absolute Gasteiger partial charge is 0.150 e. The lowest BCUT2D eigenvalue weighted by molar-refractivity contribution is 0.590. The first kappa shape index (κ1) is 15.4. The van der Waals surface area contributed by atoms with Crippen molar-refractivity contribution in [2.45, 2.75) is 19.8 Å². The van der Waals surface area contributed by atoms with Crippen LogP contribution in [0.5, 0.6) is 0 Å². The van der Waals surface area contributed by atoms with E-state index in [2.05, 4.69) is 12.2 Å². The summed E-state index contributed by atoms with van der Waals surface area (Å²) in [6.07, 6.45) is 1.78. The van der Waals surface area contributed by atoms with Gasteiger partial charge in [0.25, 0.3) is 0 Å². The number of hydrogen-bond donors (Lipinski definition) is 2. The van der Waals surface area contributed by atoms with Gasteiger partial charge in [-0.25, -0.2) is 8.78 Å². The highest BCUT2D eigenvalue weighted by Gasteiger charge is 2.13. The van der Waals surface area contributed by atoms with Gasteiger partial charge >= 0.3 is 0 Å². The molecular formula is C16H16F2N2S. The Morgan fingerprint density at radius 2 is 1.81 bits per heavy atom. The van der Waals surface area contributed by atoms with Crippen molar-refractivity contribution in [3.8, 4) is 0 Å². The Morgan fingerprint density at radius 1 is 1.19 bits per heavy atom. The summed E-state index contributed by atoms with van der Waals surface area (Å²) in [7, 11) is 0. The molecule has 0 atom stereocenters. The van der Waals surface area contributed by atoms with Gasteiger partial charge in [0.2, 0.25) is 0 Å². The molecule has 0 spiro atoms. The number of anilines is 2. The molecule has 5 heteroatoms. The van der Waals surface area contributed by atoms with E-state index < -0.39 is 11.6 Å². The van der Waals surface area contributed by atoms with Gasteiger partial charge in [0, 0.05) is 11.3 Å². The maximum absolute atomic E-state index is 14.1. The van der Waals surface area contributed by atoms with Crippen LogP contribution in [0.3, 0.4) is 0 Å². The van der Waals surface area contributed by atoms with Crippen molar-refractivity contribution in [2.24, 2.45) is 5.73 Å². The lowest BCUT2D eigenvalue weighted by Crippen LogP contribution is -2.11. The largest absolute Gasteiger partial charge is 0.389 e. The van der Waals surface area contributed by atoms with Gasteiger partial charge in [0.05, 0.1) is 0 Å². The van der Waals surface area contributed by atoms with E-state index in [1.807, 2.05) is 18.2 Å². The molecule has 110 valence electrons. The van der Waals surface area contributed by atoms with Gasteiger partial charge in [-0.1, -0.05) is 43.8 Å². The monoisotopic (exact) mass is 306 g/mol. The number of aryl methyl sites for hydroxylation is 1. The van der Waals surface area contributed by atoms with Crippen LogP contribution in [0.25, 0.3) is 0 Å². The maximum Gasteiger partial charge on any atom is 0.150 e. The van der Waals surface area contributed by atoms with Gasteiger partial charge in [-0.05, 0) is 30.2 Å². The average molecular weight is 306 g/mol. The summed E-state index contributed by atoms with van der Waals surface area (Å²) < 4.78 is 28.1. The number of nitrogens with one attached hydrogen (secondary N) is 1. The Balaban J connectivity index is 2.38. The van der Waals surface area contributed by atoms with Crippen molar-refractivity contribution in [3.05, 3.63) is 59.2 Å². The van der Waals surface area contributed by atoms with Gasteiger partial charge in [0.15, 0.2) is 0 Å². The molecule has 0 aromatic heterocycles. The first-order chi connectivity index (χ1) is 10.0. The highest BCUT2D eigenvalue weighted by Crippen LogP contribution is 2.27. The van der Waals surface area contributed by atoms with Crippen LogP contribution in [0.4, 0.5) is 20.2 Å². The van der Waals surface area contributed by atoms with Crippen molar-refractivity contribution in [1.29, 1.82) is 0 Å². The van der Waals surface area contributed by atoms with Crippen molar-refractivity contribution in [1.82, 2.24) is 0 Å². The minimum atomic E-state index is -0.718. The highest BCUT2D eigenvalue weighted by molar-refractivity contribution is 7.80. The summed E-state index contributed by atoms with van der Waals surface area (Å²) in [4.78, 5) is -0.0364. The Labute approximate surface area is 128 Å². The third kappa shape index (κ3) is 3.55. The van der Waals surface area contributed by atoms with Crippen LogP contribution in [0.1, 0.15) is 24.5 Å². The lowest BCUT2D eigenvalue weighted by Gasteiger charge is -2.13. The fourth-order valence-electron chi connectivity index (χ4n) is 2.10. The minimum Gasteiger partial charge on any atom is -0.389 e. The normalized spacial score (nSPS) is 10.4. The Bertz CT molecular complexity index is 648. The molecule has 0 saturated carbocycles. The average Bonchev–Trinajstić information content (AvgIpc) is 2.44. The number of para-hydroxylation sites is 1. The van der Waals surface area contributed by atoms with Crippen LogP contribution < -0.4 is 11.1 Å². The van der Waals surface area contributed by atoms with Gasteiger partial charge < -0.3 is 11.1 Å². The van der Waals surface area contributed by atoms with Gasteiger partial charge in [0.1, 0.15) is 22.3 Å². The molecule has 2 aromatic rings. The van der Waals surface area contributed by atoms with Crippen LogP contribution in [-0.4, -0.2) is 4.99 Å². The van der Waals surface area contributed by atoms with Crippen molar-refractivity contribution >= 4 is 28.6 Å². The van der Waals surface area contributed by atoms with E-state index in [1.165, 1.54) is 0 Å². The minimum absolute atomic E-state index is 0.0364. The van der Waals surface area contributed by atoms with E-state index in [9.17, 15) is 8.78 Å². The second kappa shape index (κ2) is 6.63. The molecule has 2 aromatic carbocycles. The van der Waals surface area contributed by atoms with E-state index in [4.69, 9.17) is 18.0 Å². The molecule has 2 nitrogen and oxygen atoms in total. The van der Waals surface area contributed by atoms with Crippen LogP contribution in [0, 0.1) is 11.6 Å². The predicted molar refractivity (Wildman–Crippen MR) is 86.0 cm³/mol. The number of benzene rings is 2. The van der Waals surface area contributed by atoms with E-state index in [0.717, 1.165) is 30.5 Å². The first-order valence-electron chi connectivity index (χ1n) is 6.66. The molecular weight excluding hydrogens is 290 g/mol. The molecule has 0 heterocycles. The molecule has 2 rings (SSSR count). The molecule has 0 bridgehead atoms. The van der Waals surface area contributed by atoms with Crippen molar-refractivity contribution in [2.75, 3.05) is 5.32 Å². The zero-order chi connectivity index (χ0) is 15.4. The molecule has 0 amide bonds. The SMILES string of the molecule is CCCc1ccccc1Nc1c(F)cc(C(N)=S)cc1F. The topological polar surface area (TPSA) is 38.0 Å². The Morgan fingerprint density at radius 3 is 2.38 bits per heavy atom. The summed E-state index contributed by atoms with van der Waals surface area (Å²) in [5.74, 6) is -1.44. The molecule has 21 heavy (non-hydrogen) atoms. The van der Waals surface area contributed by atoms with E-state index >= 15 is 0 Å². The van der Waals surface area contributed by atoms with E-state index in [-0.39, 0.29) is 16.2 Å². The number of rotatable bonds is 5. The lowest BCUT2D eigenvalue weighted by atomic mass is 10.1. The Hall–Kier alpha value is -2.01. The molecule has 0 radical (unpaired) electrons. The number of thiocarbonyl (C=S) groups is 1. The highest BCUT2D eigenvalue weighted by atomic mass is 32.1. The van der Waals surface area contributed by atoms with Crippen molar-refractivity contribution < 1.29 is 8.78 Å². The molecule has 0 aliphatic heterocycles. The van der Waals surface area contributed by atoms with Crippen LogP contribution in [0.15, 0.2) is 36.4 Å². The second-order valence-corrected chi connectivity index (χ2v) is 5.15. The van der Waals surface area contributed by atoms with Gasteiger partial charge in [-0.15, -0.1) is 0 Å². The third-order valence-corrected chi connectivity index (χ3v) is 3.36. The number of halogens is 2. The Kier molecular flexibility index (Phi) is 4.85. The third-order valence-electron chi connectivity index (χ3n) is 3.12. The number of hydrogen-bond acceptors (Lipinski definition) is 2. The maximum atomic E-state index is 14.1. The molecule has 3 N–H and O–H groups in total. The van der Waals surface area contributed by atoms with Gasteiger partial charge in [-0.2, -0.15) is 0 Å². The summed E-state index contributed by atoms with van der Waals surface area (Å²) >= 11 is 4.73. The summed E-state index contributed by atoms with van der Waals surface area (Å²) in [5, 5.41) is 2.83. The summed E-state index contributed by atoms with van der Waals surface area (Å²) in [5.41, 5.74) is 7.08. The van der Waals surface area contributed by atoms with Crippen molar-refractivity contribution in [3.63, 3.8) is 0 Å². The predicted octanol–water partition coefficient (Wildman–Crippen LogP) is 4.30. The van der Waals surface area contributed by atoms with Crippen LogP contribution in [-0.2, 0) is 6.42 Å². The van der Waals surface area contributed by atoms with E-state index in [0.29, 0.717) is 5.69 Å². The van der Waals surface area contributed by atoms with E-state index in [1.54, 1.807) is 6.07 Å². The van der Waals surface area contributed by atoms with Crippen LogP contribution in [0.2, 0.25) is 0 Å². The zero-order valence-electron chi connectivity index (χ0n) is 11.6. The molecule has 0 saturated heterocycles. The molecule has 0 aliphatic rings. The summed E-state index contributed by atoms with van der Waals surface area (Å²) in [6, 6.07) is 9.72. The molecule has 0 unspecified atom stereocenters. The second-order valence-electron chi connectivity index (χ2n) is 4.71. The fraction of sp³-hybridized carbons (Fsp3) is 0.188.